The molecule has 0 fully saturated rings. The molecule has 0 N–H and O–H groups in total. The lowest BCUT2D eigenvalue weighted by molar-refractivity contribution is 0.538. The van der Waals surface area contributed by atoms with E-state index in [4.69, 9.17) is 4.42 Å². The number of furan rings is 1. The van der Waals surface area contributed by atoms with Crippen molar-refractivity contribution in [1.29, 1.82) is 0 Å². The van der Waals surface area contributed by atoms with Gasteiger partial charge >= 0.3 is 0 Å². The molecule has 3 unspecified atom stereocenters. The van der Waals surface area contributed by atoms with Crippen LogP contribution < -0.4 is 4.90 Å². The zero-order chi connectivity index (χ0) is 39.2. The van der Waals surface area contributed by atoms with Crippen LogP contribution in [0.15, 0.2) is 197 Å². The molecule has 1 aromatic heterocycles. The molecule has 0 amide bonds. The zero-order valence-electron chi connectivity index (χ0n) is 33.4. The Bertz CT molecular complexity index is 2920. The second-order valence-electron chi connectivity index (χ2n) is 17.4. The lowest BCUT2D eigenvalue weighted by atomic mass is 9.77. The monoisotopic (exact) mass is 779 g/mol. The summed E-state index contributed by atoms with van der Waals surface area (Å²) in [5, 5.41) is 1.45. The molecule has 5 aliphatic rings. The average molecular weight is 780 g/mol. The molecule has 2 nitrogen and oxygen atoms in total. The van der Waals surface area contributed by atoms with Crippen molar-refractivity contribution in [2.45, 2.75) is 66.5 Å². The van der Waals surface area contributed by atoms with Crippen LogP contribution in [0.5, 0.6) is 0 Å². The van der Waals surface area contributed by atoms with E-state index in [2.05, 4.69) is 195 Å². The Labute approximate surface area is 351 Å². The van der Waals surface area contributed by atoms with Gasteiger partial charge in [-0.15, -0.1) is 11.8 Å². The molecule has 0 spiro atoms. The molecule has 4 atom stereocenters. The van der Waals surface area contributed by atoms with E-state index in [9.17, 15) is 0 Å². The molecule has 0 saturated carbocycles. The number of allylic oxidation sites excluding steroid dienone is 8. The van der Waals surface area contributed by atoms with Gasteiger partial charge in [0.05, 0.1) is 17.0 Å². The summed E-state index contributed by atoms with van der Waals surface area (Å²) in [6, 6.07) is 54.7. The van der Waals surface area contributed by atoms with Gasteiger partial charge in [0.2, 0.25) is 0 Å². The molecule has 286 valence electrons. The Hall–Kier alpha value is -6.03. The third kappa shape index (κ3) is 5.47. The van der Waals surface area contributed by atoms with E-state index in [1.54, 1.807) is 0 Å². The standard InChI is InChI=1S/C56H45NOS/c1-56(2)47-32-30-42(57-52-44-17-9-11-19-49(44)58-54(52)55-53(57)45-18-10-12-20-50(45)59-55)34-46(47)43-31-29-41(33-48(43)56)51(39-25-21-37(22-26-39)35-13-5-3-6-14-35)40-27-23-38(24-28-40)36-15-7-4-8-16-36/h3-7,9-15,17-33,46,51,53,55H,8,16,34H2,1-2H3/t46?,51-,53?,55?/m1/s1. The summed E-state index contributed by atoms with van der Waals surface area (Å²) in [6.45, 7) is 4.89. The molecule has 0 saturated heterocycles. The highest BCUT2D eigenvalue weighted by atomic mass is 32.2. The van der Waals surface area contributed by atoms with Crippen molar-refractivity contribution in [1.82, 2.24) is 0 Å². The minimum absolute atomic E-state index is 0.0958. The second kappa shape index (κ2) is 13.5. The Balaban J connectivity index is 0.931. The van der Waals surface area contributed by atoms with Crippen LogP contribution in [0.1, 0.15) is 101 Å². The minimum Gasteiger partial charge on any atom is -0.458 e. The smallest absolute Gasteiger partial charge is 0.144 e. The van der Waals surface area contributed by atoms with Crippen LogP contribution >= 0.6 is 11.8 Å². The Morgan fingerprint density at radius 1 is 0.678 bits per heavy atom. The fraction of sp³-hybridized carbons (Fsp3) is 0.179. The fourth-order valence-corrected chi connectivity index (χ4v) is 12.4. The van der Waals surface area contributed by atoms with Gasteiger partial charge in [-0.05, 0) is 99.2 Å². The van der Waals surface area contributed by atoms with Crippen LogP contribution in [0.4, 0.5) is 5.69 Å². The first-order valence-corrected chi connectivity index (χ1v) is 22.1. The number of hydrogen-bond acceptors (Lipinski definition) is 3. The number of rotatable bonds is 6. The topological polar surface area (TPSA) is 16.4 Å². The highest BCUT2D eigenvalue weighted by Crippen LogP contribution is 2.66. The van der Waals surface area contributed by atoms with Crippen molar-refractivity contribution in [2.75, 3.05) is 4.90 Å². The third-order valence-corrected chi connectivity index (χ3v) is 15.2. The normalized spacial score (nSPS) is 21.2. The van der Waals surface area contributed by atoms with E-state index in [-0.39, 0.29) is 22.6 Å². The van der Waals surface area contributed by atoms with Crippen LogP contribution in [0.25, 0.3) is 27.7 Å². The minimum atomic E-state index is -0.0958. The van der Waals surface area contributed by atoms with Gasteiger partial charge in [0.1, 0.15) is 11.3 Å². The van der Waals surface area contributed by atoms with Gasteiger partial charge in [0, 0.05) is 33.2 Å². The highest BCUT2D eigenvalue weighted by molar-refractivity contribution is 8.00. The van der Waals surface area contributed by atoms with Gasteiger partial charge in [-0.2, -0.15) is 0 Å². The average Bonchev–Trinajstić information content (AvgIpc) is 4.00. The van der Waals surface area contributed by atoms with Crippen LogP contribution in [0.3, 0.4) is 0 Å². The van der Waals surface area contributed by atoms with Gasteiger partial charge in [0.25, 0.3) is 0 Å². The molecule has 0 radical (unpaired) electrons. The number of thioether (sulfide) groups is 1. The SMILES string of the molecule is CC1(C)C2=CC=C(N3c4c(oc5ccccc45)C4Sc5ccccc5C43)CC2c2ccc([C@@H](c3ccc(C4=CC=CCC4)cc3)c3ccc(-c4ccccc4)cc3)cc21. The quantitative estimate of drug-likeness (QED) is 0.156. The number of fused-ring (bicyclic) bond motifs is 10. The van der Waals surface area contributed by atoms with E-state index in [1.807, 2.05) is 11.8 Å². The van der Waals surface area contributed by atoms with Crippen molar-refractivity contribution in [3.8, 4) is 11.1 Å². The van der Waals surface area contributed by atoms with Crippen molar-refractivity contribution in [3.63, 3.8) is 0 Å². The van der Waals surface area contributed by atoms with E-state index in [0.717, 1.165) is 30.6 Å². The van der Waals surface area contributed by atoms with Crippen LogP contribution in [0.2, 0.25) is 0 Å². The third-order valence-electron chi connectivity index (χ3n) is 13.9. The molecular weight excluding hydrogens is 735 g/mol. The first kappa shape index (κ1) is 35.0. The maximum Gasteiger partial charge on any atom is 0.144 e. The van der Waals surface area contributed by atoms with E-state index in [1.165, 1.54) is 82.9 Å². The number of benzene rings is 6. The summed E-state index contributed by atoms with van der Waals surface area (Å²) in [5.74, 6) is 1.54. The molecule has 0 bridgehead atoms. The van der Waals surface area contributed by atoms with Gasteiger partial charge in [-0.3, -0.25) is 0 Å². The van der Waals surface area contributed by atoms with Crippen molar-refractivity contribution < 1.29 is 4.42 Å². The van der Waals surface area contributed by atoms with Crippen molar-refractivity contribution in [3.05, 3.63) is 232 Å². The summed E-state index contributed by atoms with van der Waals surface area (Å²) in [4.78, 5) is 4.03. The number of nitrogens with zero attached hydrogens (tertiary/aromatic N) is 1. The first-order valence-electron chi connectivity index (χ1n) is 21.2. The number of para-hydroxylation sites is 1. The lowest BCUT2D eigenvalue weighted by Crippen LogP contribution is -2.27. The van der Waals surface area contributed by atoms with Crippen LogP contribution in [0, 0.1) is 0 Å². The molecule has 2 aliphatic heterocycles. The van der Waals surface area contributed by atoms with Crippen molar-refractivity contribution in [2.24, 2.45) is 0 Å². The van der Waals surface area contributed by atoms with Crippen molar-refractivity contribution >= 4 is 34.0 Å². The Kier molecular flexibility index (Phi) is 8.01. The molecule has 7 aromatic rings. The Morgan fingerprint density at radius 2 is 1.39 bits per heavy atom. The number of hydrogen-bond donors (Lipinski definition) is 0. The molecule has 3 aliphatic carbocycles. The summed E-state index contributed by atoms with van der Waals surface area (Å²) in [6.07, 6.45) is 14.8. The van der Waals surface area contributed by atoms with Crippen LogP contribution in [-0.2, 0) is 5.41 Å². The van der Waals surface area contributed by atoms with Gasteiger partial charge in [0.15, 0.2) is 0 Å². The lowest BCUT2D eigenvalue weighted by Gasteiger charge is -2.34. The van der Waals surface area contributed by atoms with Gasteiger partial charge in [-0.1, -0.05) is 171 Å². The molecule has 59 heavy (non-hydrogen) atoms. The Morgan fingerprint density at radius 3 is 2.19 bits per heavy atom. The number of anilines is 1. The molecular formula is C56H45NOS. The summed E-state index contributed by atoms with van der Waals surface area (Å²) >= 11 is 1.96. The molecule has 6 aromatic carbocycles. The molecule has 3 heteroatoms. The second-order valence-corrected chi connectivity index (χ2v) is 18.6. The van der Waals surface area contributed by atoms with Gasteiger partial charge in [-0.25, -0.2) is 0 Å². The summed E-state index contributed by atoms with van der Waals surface area (Å²) < 4.78 is 6.72. The van der Waals surface area contributed by atoms with E-state index < -0.39 is 0 Å². The molecule has 3 heterocycles. The van der Waals surface area contributed by atoms with Gasteiger partial charge < -0.3 is 9.32 Å². The zero-order valence-corrected chi connectivity index (χ0v) is 34.3. The van der Waals surface area contributed by atoms with Crippen LogP contribution in [-0.4, -0.2) is 0 Å². The summed E-state index contributed by atoms with van der Waals surface area (Å²) in [7, 11) is 0. The highest BCUT2D eigenvalue weighted by Gasteiger charge is 2.52. The maximum absolute atomic E-state index is 6.72. The summed E-state index contributed by atoms with van der Waals surface area (Å²) in [5.41, 5.74) is 18.6. The molecule has 12 rings (SSSR count). The van der Waals surface area contributed by atoms with E-state index in [0.29, 0.717) is 5.92 Å². The predicted octanol–water partition coefficient (Wildman–Crippen LogP) is 15.0. The van der Waals surface area contributed by atoms with E-state index >= 15 is 0 Å². The maximum atomic E-state index is 6.72. The first-order chi connectivity index (χ1) is 29.0. The largest absolute Gasteiger partial charge is 0.458 e. The predicted molar refractivity (Wildman–Crippen MR) is 245 cm³/mol. The fourth-order valence-electron chi connectivity index (χ4n) is 11.0.